The summed E-state index contributed by atoms with van der Waals surface area (Å²) >= 11 is 0. The van der Waals surface area contributed by atoms with Crippen LogP contribution < -0.4 is 10.8 Å². The first-order valence-corrected chi connectivity index (χ1v) is 9.57. The SMILES string of the molecule is [C-]#[N+]/C(C#N)=c1\cc2cc3ccc4c5oc(=C(C#N)C#N)cc5cc5ccc(c2o1)c3c54. The number of fused-ring (bicyclic) bond motifs is 4. The summed E-state index contributed by atoms with van der Waals surface area (Å²) in [7, 11) is 0. The van der Waals surface area contributed by atoms with Crippen LogP contribution in [0.1, 0.15) is 0 Å². The van der Waals surface area contributed by atoms with Crippen molar-refractivity contribution >= 4 is 65.5 Å². The van der Waals surface area contributed by atoms with Crippen molar-refractivity contribution in [1.82, 2.24) is 0 Å². The minimum atomic E-state index is -0.0883. The summed E-state index contributed by atoms with van der Waals surface area (Å²) in [5.74, 6) is 0. The Kier molecular flexibility index (Phi) is 3.35. The van der Waals surface area contributed by atoms with E-state index in [9.17, 15) is 15.8 Å². The number of nitrogens with zero attached hydrogens (tertiary/aromatic N) is 4. The van der Waals surface area contributed by atoms with Gasteiger partial charge in [-0.3, -0.25) is 0 Å². The highest BCUT2D eigenvalue weighted by atomic mass is 16.3. The number of nitriles is 3. The summed E-state index contributed by atoms with van der Waals surface area (Å²) in [4.78, 5) is 3.26. The van der Waals surface area contributed by atoms with Gasteiger partial charge < -0.3 is 8.83 Å². The van der Waals surface area contributed by atoms with Crippen LogP contribution in [0.3, 0.4) is 0 Å². The number of rotatable bonds is 0. The van der Waals surface area contributed by atoms with Gasteiger partial charge in [-0.05, 0) is 47.2 Å². The molecular formula is C26H8N4O2. The molecule has 0 spiro atoms. The van der Waals surface area contributed by atoms with E-state index in [1.807, 2.05) is 54.6 Å². The van der Waals surface area contributed by atoms with Crippen LogP contribution in [0, 0.1) is 40.6 Å². The molecule has 6 rings (SSSR count). The molecule has 0 saturated carbocycles. The van der Waals surface area contributed by atoms with Crippen LogP contribution in [0.5, 0.6) is 0 Å². The molecule has 6 nitrogen and oxygen atoms in total. The summed E-state index contributed by atoms with van der Waals surface area (Å²) in [6.07, 6.45) is 0. The molecule has 0 aliphatic heterocycles. The van der Waals surface area contributed by atoms with E-state index in [4.69, 9.17) is 15.4 Å². The Labute approximate surface area is 179 Å². The Bertz CT molecular complexity index is 1900. The van der Waals surface area contributed by atoms with E-state index in [2.05, 4.69) is 4.85 Å². The summed E-state index contributed by atoms with van der Waals surface area (Å²) in [5, 5.41) is 35.0. The summed E-state index contributed by atoms with van der Waals surface area (Å²) < 4.78 is 11.9. The van der Waals surface area contributed by atoms with Gasteiger partial charge in [0.25, 0.3) is 0 Å². The van der Waals surface area contributed by atoms with E-state index in [0.29, 0.717) is 11.2 Å². The Morgan fingerprint density at radius 3 is 1.72 bits per heavy atom. The molecule has 0 aliphatic carbocycles. The monoisotopic (exact) mass is 408 g/mol. The molecule has 0 atom stereocenters. The van der Waals surface area contributed by atoms with Crippen molar-refractivity contribution in [3.05, 3.63) is 70.8 Å². The van der Waals surface area contributed by atoms with Gasteiger partial charge in [0.15, 0.2) is 11.0 Å². The van der Waals surface area contributed by atoms with Gasteiger partial charge >= 0.3 is 5.70 Å². The van der Waals surface area contributed by atoms with E-state index in [0.717, 1.165) is 43.1 Å². The predicted molar refractivity (Wildman–Crippen MR) is 119 cm³/mol. The zero-order valence-corrected chi connectivity index (χ0v) is 16.2. The standard InChI is InChI=1S/C26H8N4O2/c1-30-20(12-29)22-9-16-7-14-2-4-18-23-13(3-5-19(24(14)23)26(16)32-22)6-15-8-21(31-25(15)18)17(10-27)11-28/h2-9H/b22-20+. The number of furan rings is 2. The van der Waals surface area contributed by atoms with Crippen LogP contribution in [0.15, 0.2) is 57.4 Å². The third-order valence-electron chi connectivity index (χ3n) is 5.78. The van der Waals surface area contributed by atoms with Gasteiger partial charge in [-0.2, -0.15) is 10.5 Å². The van der Waals surface area contributed by atoms with Gasteiger partial charge in [-0.25, -0.2) is 10.1 Å². The molecule has 4 aromatic carbocycles. The second-order valence-electron chi connectivity index (χ2n) is 7.40. The molecule has 0 fully saturated rings. The third-order valence-corrected chi connectivity index (χ3v) is 5.78. The van der Waals surface area contributed by atoms with E-state index in [-0.39, 0.29) is 22.1 Å². The van der Waals surface area contributed by atoms with Gasteiger partial charge in [0.1, 0.15) is 28.7 Å². The van der Waals surface area contributed by atoms with Crippen molar-refractivity contribution in [3.63, 3.8) is 0 Å². The molecule has 32 heavy (non-hydrogen) atoms. The largest absolute Gasteiger partial charge is 0.466 e. The molecule has 0 saturated heterocycles. The van der Waals surface area contributed by atoms with Gasteiger partial charge in [-0.15, -0.1) is 0 Å². The maximum Gasteiger partial charge on any atom is 0.303 e. The number of hydrogen-bond donors (Lipinski definition) is 0. The lowest BCUT2D eigenvalue weighted by Gasteiger charge is -2.11. The Morgan fingerprint density at radius 2 is 1.22 bits per heavy atom. The molecule has 0 N–H and O–H groups in total. The average Bonchev–Trinajstić information content (AvgIpc) is 3.42. The Hall–Kier alpha value is -5.30. The summed E-state index contributed by atoms with van der Waals surface area (Å²) in [6, 6.07) is 20.9. The lowest BCUT2D eigenvalue weighted by atomic mass is 9.92. The molecule has 6 heteroatoms. The Morgan fingerprint density at radius 1 is 0.688 bits per heavy atom. The quantitative estimate of drug-likeness (QED) is 0.265. The van der Waals surface area contributed by atoms with Crippen LogP contribution in [0.2, 0.25) is 0 Å². The first-order chi connectivity index (χ1) is 15.7. The fourth-order valence-corrected chi connectivity index (χ4v) is 4.46. The summed E-state index contributed by atoms with van der Waals surface area (Å²) in [6.45, 7) is 7.21. The maximum absolute atomic E-state index is 9.22. The second-order valence-corrected chi connectivity index (χ2v) is 7.40. The second kappa shape index (κ2) is 6.10. The van der Waals surface area contributed by atoms with Crippen molar-refractivity contribution in [2.45, 2.75) is 0 Å². The van der Waals surface area contributed by atoms with Crippen molar-refractivity contribution < 1.29 is 8.83 Å². The molecule has 2 heterocycles. The van der Waals surface area contributed by atoms with Gasteiger partial charge in [0.05, 0.1) is 12.6 Å². The topological polar surface area (TPSA) is 102 Å². The minimum Gasteiger partial charge on any atom is -0.466 e. The number of benzene rings is 4. The smallest absolute Gasteiger partial charge is 0.303 e. The highest BCUT2D eigenvalue weighted by molar-refractivity contribution is 6.31. The zero-order chi connectivity index (χ0) is 22.0. The zero-order valence-electron chi connectivity index (χ0n) is 16.2. The normalized spacial score (nSPS) is 12.1. The molecule has 6 aromatic rings. The first-order valence-electron chi connectivity index (χ1n) is 9.57. The lowest BCUT2D eigenvalue weighted by molar-refractivity contribution is 0.580. The average molecular weight is 408 g/mol. The van der Waals surface area contributed by atoms with Crippen LogP contribution in [-0.2, 0) is 0 Å². The van der Waals surface area contributed by atoms with Gasteiger partial charge in [-0.1, -0.05) is 12.1 Å². The van der Waals surface area contributed by atoms with E-state index < -0.39 is 0 Å². The molecule has 0 bridgehead atoms. The lowest BCUT2D eigenvalue weighted by Crippen LogP contribution is -1.97. The van der Waals surface area contributed by atoms with E-state index in [1.54, 1.807) is 12.1 Å². The molecule has 144 valence electrons. The molecule has 0 unspecified atom stereocenters. The molecule has 0 amide bonds. The van der Waals surface area contributed by atoms with Crippen molar-refractivity contribution in [2.75, 3.05) is 0 Å². The third kappa shape index (κ3) is 2.13. The predicted octanol–water partition coefficient (Wildman–Crippen LogP) is 4.83. The van der Waals surface area contributed by atoms with E-state index in [1.165, 1.54) is 0 Å². The Balaban J connectivity index is 1.84. The number of hydrogen-bond acceptors (Lipinski definition) is 5. The van der Waals surface area contributed by atoms with Crippen LogP contribution in [0.4, 0.5) is 0 Å². The molecule has 0 radical (unpaired) electrons. The highest BCUT2D eigenvalue weighted by Gasteiger charge is 2.17. The first kappa shape index (κ1) is 17.5. The molecular weight excluding hydrogens is 400 g/mol. The minimum absolute atomic E-state index is 0.0722. The van der Waals surface area contributed by atoms with Crippen LogP contribution >= 0.6 is 0 Å². The van der Waals surface area contributed by atoms with Crippen molar-refractivity contribution in [3.8, 4) is 18.2 Å². The van der Waals surface area contributed by atoms with Crippen LogP contribution in [0.25, 0.3) is 70.4 Å². The molecule has 0 aliphatic rings. The van der Waals surface area contributed by atoms with E-state index >= 15 is 0 Å². The van der Waals surface area contributed by atoms with Gasteiger partial charge in [0, 0.05) is 32.3 Å². The van der Waals surface area contributed by atoms with Crippen molar-refractivity contribution in [2.24, 2.45) is 0 Å². The van der Waals surface area contributed by atoms with Crippen LogP contribution in [-0.4, -0.2) is 0 Å². The maximum atomic E-state index is 9.22. The fourth-order valence-electron chi connectivity index (χ4n) is 4.46. The molecule has 2 aromatic heterocycles. The summed E-state index contributed by atoms with van der Waals surface area (Å²) in [5.41, 5.74) is 1.56. The van der Waals surface area contributed by atoms with Crippen molar-refractivity contribution in [1.29, 1.82) is 15.8 Å². The highest BCUT2D eigenvalue weighted by Crippen LogP contribution is 2.41. The fraction of sp³-hybridized carbons (Fsp3) is 0. The van der Waals surface area contributed by atoms with Gasteiger partial charge in [0.2, 0.25) is 0 Å².